The number of fused-ring (bicyclic) bond motifs is 1. The van der Waals surface area contributed by atoms with E-state index in [9.17, 15) is 9.59 Å². The molecule has 0 saturated carbocycles. The summed E-state index contributed by atoms with van der Waals surface area (Å²) in [7, 11) is 0. The highest BCUT2D eigenvalue weighted by molar-refractivity contribution is 6.35. The molecule has 0 saturated heterocycles. The molecule has 1 heterocycles. The van der Waals surface area contributed by atoms with E-state index in [2.05, 4.69) is 5.32 Å². The third kappa shape index (κ3) is 6.25. The van der Waals surface area contributed by atoms with Crippen LogP contribution in [-0.2, 0) is 9.53 Å². The minimum atomic E-state index is -0.655. The van der Waals surface area contributed by atoms with Gasteiger partial charge >= 0.3 is 5.97 Å². The summed E-state index contributed by atoms with van der Waals surface area (Å²) in [5.74, 6) is -1.18. The Morgan fingerprint density at radius 2 is 1.26 bits per heavy atom. The number of hydrogen-bond donors (Lipinski definition) is 1. The molecule has 1 N–H and O–H groups in total. The van der Waals surface area contributed by atoms with Crippen LogP contribution in [0.15, 0.2) is 84.9 Å². The largest absolute Gasteiger partial charge is 0.452 e. The van der Waals surface area contributed by atoms with Crippen molar-refractivity contribution in [3.05, 3.63) is 112 Å². The number of amides is 1. The molecule has 0 spiro atoms. The van der Waals surface area contributed by atoms with Crippen LogP contribution in [0, 0.1) is 13.8 Å². The SMILES string of the molecule is Cc1ccc(-c2nc3ccc(C(=O)OCC(=O)Nc4cc(Cl)cc(Cl)c4)cc3nc2-c2ccc(C)cc2)cc1. The summed E-state index contributed by atoms with van der Waals surface area (Å²) < 4.78 is 5.24. The third-order valence-corrected chi connectivity index (χ3v) is 6.47. The van der Waals surface area contributed by atoms with Crippen molar-refractivity contribution in [2.45, 2.75) is 13.8 Å². The van der Waals surface area contributed by atoms with Crippen molar-refractivity contribution >= 4 is 51.8 Å². The Hall–Kier alpha value is -4.26. The van der Waals surface area contributed by atoms with Gasteiger partial charge in [-0.1, -0.05) is 82.9 Å². The van der Waals surface area contributed by atoms with Crippen LogP contribution in [-0.4, -0.2) is 28.5 Å². The Balaban J connectivity index is 1.41. The second-order valence-electron chi connectivity index (χ2n) is 9.14. The Morgan fingerprint density at radius 3 is 1.82 bits per heavy atom. The molecule has 0 unspecified atom stereocenters. The van der Waals surface area contributed by atoms with E-state index in [-0.39, 0.29) is 5.56 Å². The minimum absolute atomic E-state index is 0.258. The molecule has 8 heteroatoms. The molecule has 0 aliphatic rings. The van der Waals surface area contributed by atoms with Crippen LogP contribution in [0.2, 0.25) is 10.0 Å². The molecule has 5 rings (SSSR count). The molecule has 5 aromatic rings. The van der Waals surface area contributed by atoms with Gasteiger partial charge in [-0.15, -0.1) is 0 Å². The highest BCUT2D eigenvalue weighted by Crippen LogP contribution is 2.32. The van der Waals surface area contributed by atoms with Gasteiger partial charge in [-0.2, -0.15) is 0 Å². The lowest BCUT2D eigenvalue weighted by molar-refractivity contribution is -0.119. The number of halogens is 2. The number of esters is 1. The molecule has 0 fully saturated rings. The van der Waals surface area contributed by atoms with Crippen LogP contribution >= 0.6 is 23.2 Å². The zero-order valence-electron chi connectivity index (χ0n) is 21.2. The predicted octanol–water partition coefficient (Wildman–Crippen LogP) is 7.68. The van der Waals surface area contributed by atoms with Crippen molar-refractivity contribution in [1.82, 2.24) is 9.97 Å². The van der Waals surface area contributed by atoms with Crippen LogP contribution in [0.4, 0.5) is 5.69 Å². The zero-order chi connectivity index (χ0) is 27.5. The van der Waals surface area contributed by atoms with Gasteiger partial charge in [-0.05, 0) is 50.2 Å². The monoisotopic (exact) mass is 555 g/mol. The lowest BCUT2D eigenvalue weighted by atomic mass is 10.0. The first-order chi connectivity index (χ1) is 18.7. The smallest absolute Gasteiger partial charge is 0.338 e. The summed E-state index contributed by atoms with van der Waals surface area (Å²) in [4.78, 5) is 34.9. The van der Waals surface area contributed by atoms with E-state index in [1.807, 2.05) is 62.4 Å². The van der Waals surface area contributed by atoms with Gasteiger partial charge in [0.25, 0.3) is 5.91 Å². The second kappa shape index (κ2) is 11.2. The molecule has 0 aliphatic heterocycles. The van der Waals surface area contributed by atoms with Gasteiger partial charge in [0.2, 0.25) is 0 Å². The van der Waals surface area contributed by atoms with Crippen molar-refractivity contribution in [1.29, 1.82) is 0 Å². The average molecular weight is 556 g/mol. The predicted molar refractivity (Wildman–Crippen MR) is 155 cm³/mol. The van der Waals surface area contributed by atoms with Gasteiger partial charge in [0.15, 0.2) is 6.61 Å². The quantitative estimate of drug-likeness (QED) is 0.217. The van der Waals surface area contributed by atoms with Crippen LogP contribution in [0.3, 0.4) is 0 Å². The van der Waals surface area contributed by atoms with E-state index in [0.717, 1.165) is 27.9 Å². The standard InChI is InChI=1S/C31H23Cl2N3O3/c1-18-3-7-20(8-4-18)29-30(21-9-5-19(2)6-10-21)36-27-13-22(11-12-26(27)35-29)31(38)39-17-28(37)34-25-15-23(32)14-24(33)16-25/h3-16H,17H2,1-2H3,(H,34,37). The number of benzene rings is 4. The molecule has 39 heavy (non-hydrogen) atoms. The molecule has 0 atom stereocenters. The Morgan fingerprint density at radius 1 is 0.718 bits per heavy atom. The Kier molecular flexibility index (Phi) is 7.59. The summed E-state index contributed by atoms with van der Waals surface area (Å²) in [6, 6.07) is 25.8. The minimum Gasteiger partial charge on any atom is -0.452 e. The van der Waals surface area contributed by atoms with E-state index < -0.39 is 18.5 Å². The number of nitrogens with one attached hydrogen (secondary N) is 1. The van der Waals surface area contributed by atoms with Gasteiger partial charge < -0.3 is 10.1 Å². The number of carbonyl (C=O) groups excluding carboxylic acids is 2. The molecule has 0 aliphatic carbocycles. The van der Waals surface area contributed by atoms with Crippen LogP contribution in [0.1, 0.15) is 21.5 Å². The summed E-state index contributed by atoms with van der Waals surface area (Å²) in [5, 5.41) is 3.36. The van der Waals surface area contributed by atoms with Crippen molar-refractivity contribution in [3.63, 3.8) is 0 Å². The maximum absolute atomic E-state index is 12.8. The van der Waals surface area contributed by atoms with Gasteiger partial charge in [-0.25, -0.2) is 14.8 Å². The number of ether oxygens (including phenoxy) is 1. The number of rotatable bonds is 6. The molecule has 0 radical (unpaired) electrons. The molecule has 0 bridgehead atoms. The van der Waals surface area contributed by atoms with E-state index in [1.54, 1.807) is 36.4 Å². The summed E-state index contributed by atoms with van der Waals surface area (Å²) in [6.07, 6.45) is 0. The van der Waals surface area contributed by atoms with E-state index in [4.69, 9.17) is 37.9 Å². The summed E-state index contributed by atoms with van der Waals surface area (Å²) in [5.41, 5.74) is 7.43. The molecular weight excluding hydrogens is 533 g/mol. The second-order valence-corrected chi connectivity index (χ2v) is 10.0. The Labute approximate surface area is 235 Å². The molecule has 1 aromatic heterocycles. The number of anilines is 1. The fraction of sp³-hybridized carbons (Fsp3) is 0.0968. The maximum atomic E-state index is 12.8. The fourth-order valence-corrected chi connectivity index (χ4v) is 4.57. The topological polar surface area (TPSA) is 81.2 Å². The molecular formula is C31H23Cl2N3O3. The van der Waals surface area contributed by atoms with Gasteiger partial charge in [0.1, 0.15) is 0 Å². The van der Waals surface area contributed by atoms with Gasteiger partial charge in [0, 0.05) is 26.9 Å². The first kappa shape index (κ1) is 26.4. The normalized spacial score (nSPS) is 10.9. The highest BCUT2D eigenvalue weighted by atomic mass is 35.5. The van der Waals surface area contributed by atoms with Crippen molar-refractivity contribution in [3.8, 4) is 22.5 Å². The number of carbonyl (C=O) groups is 2. The first-order valence-corrected chi connectivity index (χ1v) is 12.9. The van der Waals surface area contributed by atoms with Crippen LogP contribution in [0.5, 0.6) is 0 Å². The molecule has 4 aromatic carbocycles. The van der Waals surface area contributed by atoms with Gasteiger partial charge in [-0.3, -0.25) is 4.79 Å². The van der Waals surface area contributed by atoms with E-state index in [0.29, 0.717) is 32.5 Å². The average Bonchev–Trinajstić information content (AvgIpc) is 2.91. The lowest BCUT2D eigenvalue weighted by Gasteiger charge is -2.12. The number of nitrogens with zero attached hydrogens (tertiary/aromatic N) is 2. The fourth-order valence-electron chi connectivity index (χ4n) is 4.04. The van der Waals surface area contributed by atoms with E-state index in [1.165, 1.54) is 0 Å². The Bertz CT molecular complexity index is 1680. The molecule has 194 valence electrons. The maximum Gasteiger partial charge on any atom is 0.338 e. The summed E-state index contributed by atoms with van der Waals surface area (Å²) in [6.45, 7) is 3.58. The number of aromatic nitrogens is 2. The summed E-state index contributed by atoms with van der Waals surface area (Å²) >= 11 is 11.9. The van der Waals surface area contributed by atoms with Gasteiger partial charge in [0.05, 0.1) is 28.0 Å². The van der Waals surface area contributed by atoms with Crippen LogP contribution in [0.25, 0.3) is 33.5 Å². The van der Waals surface area contributed by atoms with E-state index >= 15 is 0 Å². The van der Waals surface area contributed by atoms with Crippen molar-refractivity contribution < 1.29 is 14.3 Å². The van der Waals surface area contributed by atoms with Crippen molar-refractivity contribution in [2.75, 3.05) is 11.9 Å². The highest BCUT2D eigenvalue weighted by Gasteiger charge is 2.16. The first-order valence-electron chi connectivity index (χ1n) is 12.1. The van der Waals surface area contributed by atoms with Crippen LogP contribution < -0.4 is 5.32 Å². The molecule has 1 amide bonds. The lowest BCUT2D eigenvalue weighted by Crippen LogP contribution is -2.21. The number of hydrogen-bond acceptors (Lipinski definition) is 5. The number of aryl methyl sites for hydroxylation is 2. The van der Waals surface area contributed by atoms with Crippen molar-refractivity contribution in [2.24, 2.45) is 0 Å². The zero-order valence-corrected chi connectivity index (χ0v) is 22.7. The third-order valence-electron chi connectivity index (χ3n) is 6.03. The molecule has 6 nitrogen and oxygen atoms in total.